The molecule has 2 aromatic rings. The minimum absolute atomic E-state index is 0.0214. The first-order valence-corrected chi connectivity index (χ1v) is 10.6. The molecule has 0 bridgehead atoms. The lowest BCUT2D eigenvalue weighted by Gasteiger charge is -2.47. The van der Waals surface area contributed by atoms with Crippen LogP contribution in [0.5, 0.6) is 0 Å². The summed E-state index contributed by atoms with van der Waals surface area (Å²) in [6, 6.07) is -1.79. The molecule has 0 radical (unpaired) electrons. The van der Waals surface area contributed by atoms with Gasteiger partial charge in [-0.3, -0.25) is 4.79 Å². The Labute approximate surface area is 194 Å². The molecular formula is C22H27F6N5O. The van der Waals surface area contributed by atoms with Crippen LogP contribution in [-0.2, 0) is 23.9 Å². The van der Waals surface area contributed by atoms with Gasteiger partial charge in [0.2, 0.25) is 11.7 Å². The molecule has 0 saturated carbocycles. The van der Waals surface area contributed by atoms with Crippen LogP contribution in [0.25, 0.3) is 0 Å². The van der Waals surface area contributed by atoms with Crippen molar-refractivity contribution in [1.29, 1.82) is 0 Å². The maximum Gasteiger partial charge on any atom is 0.451 e. The summed E-state index contributed by atoms with van der Waals surface area (Å²) in [5.74, 6) is -5.63. The second kappa shape index (κ2) is 8.54. The molecule has 1 aromatic heterocycles. The maximum atomic E-state index is 14.8. The second-order valence-corrected chi connectivity index (χ2v) is 9.55. The van der Waals surface area contributed by atoms with Gasteiger partial charge >= 0.3 is 6.18 Å². The summed E-state index contributed by atoms with van der Waals surface area (Å²) in [7, 11) is 1.50. The number of hydrogen-bond acceptors (Lipinski definition) is 4. The second-order valence-electron chi connectivity index (χ2n) is 9.55. The first kappa shape index (κ1) is 24.5. The molecular weight excluding hydrogens is 464 g/mol. The largest absolute Gasteiger partial charge is 0.451 e. The van der Waals surface area contributed by atoms with Gasteiger partial charge in [0.25, 0.3) is 0 Å². The van der Waals surface area contributed by atoms with Crippen LogP contribution in [0.4, 0.5) is 26.3 Å². The molecule has 2 heterocycles. The lowest BCUT2D eigenvalue weighted by atomic mass is 9.86. The first-order chi connectivity index (χ1) is 15.9. The smallest absolute Gasteiger partial charge is 0.326 e. The molecule has 1 aromatic carbocycles. The van der Waals surface area contributed by atoms with E-state index in [0.717, 1.165) is 11.5 Å². The van der Waals surface area contributed by atoms with Crippen molar-refractivity contribution in [3.8, 4) is 0 Å². The van der Waals surface area contributed by atoms with E-state index >= 15 is 0 Å². The van der Waals surface area contributed by atoms with Gasteiger partial charge in [-0.15, -0.1) is 10.2 Å². The van der Waals surface area contributed by atoms with Crippen molar-refractivity contribution >= 4 is 5.91 Å². The van der Waals surface area contributed by atoms with E-state index in [0.29, 0.717) is 0 Å². The number of rotatable bonds is 5. The van der Waals surface area contributed by atoms with Crippen molar-refractivity contribution in [2.45, 2.75) is 77.3 Å². The highest BCUT2D eigenvalue weighted by atomic mass is 19.4. The number of carbonyl (C=O) groups excluding carboxylic acids is 1. The third-order valence-electron chi connectivity index (χ3n) is 6.35. The van der Waals surface area contributed by atoms with Crippen LogP contribution in [0.1, 0.15) is 64.3 Å². The van der Waals surface area contributed by atoms with E-state index in [4.69, 9.17) is 1.37 Å². The number of benzene rings is 1. The van der Waals surface area contributed by atoms with Gasteiger partial charge in [0.05, 0.1) is 13.0 Å². The molecule has 1 N–H and O–H groups in total. The van der Waals surface area contributed by atoms with E-state index in [1.807, 2.05) is 0 Å². The minimum Gasteiger partial charge on any atom is -0.326 e. The number of fused-ring (bicyclic) bond motifs is 1. The summed E-state index contributed by atoms with van der Waals surface area (Å²) in [5, 5.41) is 9.84. The highest BCUT2D eigenvalue weighted by molar-refractivity contribution is 5.79. The van der Waals surface area contributed by atoms with Crippen molar-refractivity contribution in [3.63, 3.8) is 0 Å². The topological polar surface area (TPSA) is 63.1 Å². The van der Waals surface area contributed by atoms with Gasteiger partial charge in [-0.25, -0.2) is 13.2 Å². The molecule has 1 aliphatic heterocycles. The molecule has 34 heavy (non-hydrogen) atoms. The van der Waals surface area contributed by atoms with Crippen LogP contribution in [0.15, 0.2) is 6.04 Å². The summed E-state index contributed by atoms with van der Waals surface area (Å²) >= 11 is 0. The SMILES string of the molecule is [2H]c1c(F)c(F)c(C)c(F)c1C[C@](C)(CC(=O)N1C(C)c2nnc(C(F)(F)F)n2CC1(C)C)NC. The Hall–Kier alpha value is -2.63. The zero-order chi connectivity index (χ0) is 26.7. The lowest BCUT2D eigenvalue weighted by Crippen LogP contribution is -2.58. The molecule has 0 aliphatic carbocycles. The van der Waals surface area contributed by atoms with E-state index < -0.39 is 64.1 Å². The number of nitrogens with one attached hydrogen (secondary N) is 1. The predicted molar refractivity (Wildman–Crippen MR) is 111 cm³/mol. The van der Waals surface area contributed by atoms with E-state index in [2.05, 4.69) is 15.5 Å². The van der Waals surface area contributed by atoms with Crippen LogP contribution >= 0.6 is 0 Å². The Bertz CT molecular complexity index is 1140. The number of likely N-dealkylation sites (N-methyl/N-ethyl adjacent to an activating group) is 1. The molecule has 3 rings (SSSR count). The maximum absolute atomic E-state index is 14.8. The molecule has 188 valence electrons. The van der Waals surface area contributed by atoms with Crippen LogP contribution in [-0.4, -0.2) is 43.7 Å². The van der Waals surface area contributed by atoms with Gasteiger partial charge in [-0.05, 0) is 59.7 Å². The van der Waals surface area contributed by atoms with Crippen molar-refractivity contribution in [2.75, 3.05) is 7.05 Å². The summed E-state index contributed by atoms with van der Waals surface area (Å²) in [4.78, 5) is 14.9. The van der Waals surface area contributed by atoms with Crippen LogP contribution < -0.4 is 5.32 Å². The standard InChI is InChI=1S/C22H27F6N5O/c1-11-16(24)13(7-14(23)17(11)25)8-21(5,29-6)9-15(34)33-12(2)18-30-31-19(22(26,27)28)32(18)10-20(33,3)4/h7,12,29H,8-10H2,1-6H3/t12?,21-/m1/s1/i7D. The van der Waals surface area contributed by atoms with Gasteiger partial charge < -0.3 is 14.8 Å². The average Bonchev–Trinajstić information content (AvgIpc) is 3.17. The fraction of sp³-hybridized carbons (Fsp3) is 0.591. The molecule has 1 unspecified atom stereocenters. The Balaban J connectivity index is 1.94. The quantitative estimate of drug-likeness (QED) is 0.499. The normalized spacial score (nSPS) is 20.1. The molecule has 0 fully saturated rings. The number of amides is 1. The summed E-state index contributed by atoms with van der Waals surface area (Å²) in [6.07, 6.45) is -5.29. The highest BCUT2D eigenvalue weighted by Crippen LogP contribution is 2.39. The average molecular weight is 492 g/mol. The van der Waals surface area contributed by atoms with E-state index in [1.54, 1.807) is 20.8 Å². The number of hydrogen-bond donors (Lipinski definition) is 1. The fourth-order valence-electron chi connectivity index (χ4n) is 4.55. The van der Waals surface area contributed by atoms with Crippen molar-refractivity contribution in [1.82, 2.24) is 25.0 Å². The molecule has 1 amide bonds. The minimum atomic E-state index is -4.71. The van der Waals surface area contributed by atoms with Crippen LogP contribution in [0, 0.1) is 24.4 Å². The third kappa shape index (κ3) is 4.51. The number of aromatic nitrogens is 3. The number of alkyl halides is 3. The molecule has 12 heteroatoms. The van der Waals surface area contributed by atoms with Gasteiger partial charge in [0.1, 0.15) is 5.82 Å². The Morgan fingerprint density at radius 1 is 1.26 bits per heavy atom. The Kier molecular flexibility index (Phi) is 6.16. The predicted octanol–water partition coefficient (Wildman–Crippen LogP) is 4.32. The molecule has 0 saturated heterocycles. The Morgan fingerprint density at radius 3 is 2.44 bits per heavy atom. The van der Waals surface area contributed by atoms with Crippen molar-refractivity contribution < 1.29 is 32.5 Å². The van der Waals surface area contributed by atoms with Gasteiger partial charge in [-0.1, -0.05) is 0 Å². The first-order valence-electron chi connectivity index (χ1n) is 11.1. The lowest BCUT2D eigenvalue weighted by molar-refractivity contribution is -0.151. The number of nitrogens with zero attached hydrogens (tertiary/aromatic N) is 4. The Morgan fingerprint density at radius 2 is 1.88 bits per heavy atom. The van der Waals surface area contributed by atoms with Crippen molar-refractivity contribution in [2.24, 2.45) is 0 Å². The fourth-order valence-corrected chi connectivity index (χ4v) is 4.55. The van der Waals surface area contributed by atoms with E-state index in [9.17, 15) is 31.1 Å². The summed E-state index contributed by atoms with van der Waals surface area (Å²) in [5.41, 5.74) is -3.21. The molecule has 2 atom stereocenters. The van der Waals surface area contributed by atoms with Crippen LogP contribution in [0.3, 0.4) is 0 Å². The number of carbonyl (C=O) groups is 1. The van der Waals surface area contributed by atoms with Gasteiger partial charge in [0, 0.05) is 24.1 Å². The highest BCUT2D eigenvalue weighted by Gasteiger charge is 2.48. The zero-order valence-corrected chi connectivity index (χ0v) is 19.7. The molecule has 6 nitrogen and oxygen atoms in total. The molecule has 0 spiro atoms. The zero-order valence-electron chi connectivity index (χ0n) is 20.7. The van der Waals surface area contributed by atoms with Crippen LogP contribution in [0.2, 0.25) is 0 Å². The van der Waals surface area contributed by atoms with E-state index in [1.165, 1.54) is 18.9 Å². The van der Waals surface area contributed by atoms with Gasteiger partial charge in [-0.2, -0.15) is 13.2 Å². The third-order valence-corrected chi connectivity index (χ3v) is 6.35. The van der Waals surface area contributed by atoms with Crippen molar-refractivity contribution in [3.05, 3.63) is 46.3 Å². The van der Waals surface area contributed by atoms with Gasteiger partial charge in [0.15, 0.2) is 17.5 Å². The summed E-state index contributed by atoms with van der Waals surface area (Å²) < 4.78 is 91.6. The summed E-state index contributed by atoms with van der Waals surface area (Å²) in [6.45, 7) is 7.18. The molecule has 1 aliphatic rings. The van der Waals surface area contributed by atoms with E-state index in [-0.39, 0.29) is 30.8 Å². The number of halogens is 6. The monoisotopic (exact) mass is 492 g/mol.